The first-order valence-electron chi connectivity index (χ1n) is 12.0. The number of hydrogen-bond donors (Lipinski definition) is 1. The number of aliphatic hydroxyl groups is 1. The summed E-state index contributed by atoms with van der Waals surface area (Å²) in [5, 5.41) is 8.54. The number of Topliss-reactive ketones (excluding diaryl/α,β-unsaturated/α-hetero) is 1. The predicted octanol–water partition coefficient (Wildman–Crippen LogP) is 8.27. The minimum absolute atomic E-state index is 0.140. The molecular weight excluding hydrogens is 428 g/mol. The van der Waals surface area contributed by atoms with Crippen molar-refractivity contribution in [3.63, 3.8) is 0 Å². The molecule has 0 aliphatic heterocycles. The number of carbonyl (C=O) groups is 1. The summed E-state index contributed by atoms with van der Waals surface area (Å²) in [6.45, 7) is 6.56. The molecule has 0 fully saturated rings. The molecule has 0 amide bonds. The van der Waals surface area contributed by atoms with Crippen LogP contribution >= 0.6 is 0 Å². The van der Waals surface area contributed by atoms with Gasteiger partial charge in [0.2, 0.25) is 0 Å². The Hall–Kier alpha value is -3.75. The van der Waals surface area contributed by atoms with Crippen molar-refractivity contribution in [2.24, 2.45) is 0 Å². The maximum Gasteiger partial charge on any atom is 0.166 e. The van der Waals surface area contributed by atoms with E-state index in [4.69, 9.17) is 5.11 Å². The molecule has 1 N–H and O–H groups in total. The van der Waals surface area contributed by atoms with Crippen molar-refractivity contribution in [2.45, 2.75) is 39.7 Å². The van der Waals surface area contributed by atoms with E-state index in [-0.39, 0.29) is 12.4 Å². The second kappa shape index (κ2) is 16.0. The number of aryl methyl sites for hydroxylation is 1. The van der Waals surface area contributed by atoms with E-state index < -0.39 is 0 Å². The zero-order valence-electron chi connectivity index (χ0n) is 21.0. The SMILES string of the molecule is CC(C)c1ccccc1.Cc1ccc(C(=O)CC=Cc2ccccc2)cc1.OCc1ccccc1. The van der Waals surface area contributed by atoms with Gasteiger partial charge in [0.05, 0.1) is 6.61 Å². The third kappa shape index (κ3) is 11.3. The summed E-state index contributed by atoms with van der Waals surface area (Å²) in [6.07, 6.45) is 4.33. The van der Waals surface area contributed by atoms with E-state index in [1.54, 1.807) is 0 Å². The summed E-state index contributed by atoms with van der Waals surface area (Å²) in [7, 11) is 0. The van der Waals surface area contributed by atoms with Crippen LogP contribution < -0.4 is 0 Å². The third-order valence-electron chi connectivity index (χ3n) is 5.28. The predicted molar refractivity (Wildman–Crippen MR) is 148 cm³/mol. The van der Waals surface area contributed by atoms with Gasteiger partial charge in [-0.2, -0.15) is 0 Å². The second-order valence-electron chi connectivity index (χ2n) is 8.52. The van der Waals surface area contributed by atoms with Gasteiger partial charge < -0.3 is 5.11 Å². The number of carbonyl (C=O) groups excluding carboxylic acids is 1. The average Bonchev–Trinajstić information content (AvgIpc) is 2.91. The fourth-order valence-corrected chi connectivity index (χ4v) is 3.14. The van der Waals surface area contributed by atoms with E-state index in [1.165, 1.54) is 11.1 Å². The highest BCUT2D eigenvalue weighted by Crippen LogP contribution is 2.12. The van der Waals surface area contributed by atoms with Crippen LogP contribution in [0.1, 0.15) is 58.8 Å². The van der Waals surface area contributed by atoms with Crippen LogP contribution in [0.3, 0.4) is 0 Å². The zero-order valence-corrected chi connectivity index (χ0v) is 21.0. The fraction of sp³-hybridized carbons (Fsp3) is 0.182. The lowest BCUT2D eigenvalue weighted by Gasteiger charge is -2.01. The summed E-state index contributed by atoms with van der Waals surface area (Å²) in [5.41, 5.74) is 5.45. The number of ketones is 1. The molecule has 0 bridgehead atoms. The van der Waals surface area contributed by atoms with Crippen LogP contribution in [-0.2, 0) is 6.61 Å². The number of hydrogen-bond acceptors (Lipinski definition) is 2. The Morgan fingerprint density at radius 3 is 1.71 bits per heavy atom. The van der Waals surface area contributed by atoms with Crippen molar-refractivity contribution in [1.82, 2.24) is 0 Å². The summed E-state index contributed by atoms with van der Waals surface area (Å²) in [4.78, 5) is 11.9. The van der Waals surface area contributed by atoms with E-state index in [1.807, 2.05) is 110 Å². The van der Waals surface area contributed by atoms with Crippen molar-refractivity contribution in [1.29, 1.82) is 0 Å². The Labute approximate surface area is 210 Å². The van der Waals surface area contributed by atoms with Crippen LogP contribution in [0.25, 0.3) is 6.08 Å². The molecule has 0 unspecified atom stereocenters. The molecule has 0 atom stereocenters. The lowest BCUT2D eigenvalue weighted by Crippen LogP contribution is -1.96. The summed E-state index contributed by atoms with van der Waals surface area (Å²) in [5.74, 6) is 0.813. The minimum atomic E-state index is 0.140. The van der Waals surface area contributed by atoms with E-state index in [0.717, 1.165) is 16.7 Å². The highest BCUT2D eigenvalue weighted by atomic mass is 16.3. The summed E-state index contributed by atoms with van der Waals surface area (Å²) in [6, 6.07) is 37.7. The Morgan fingerprint density at radius 2 is 1.26 bits per heavy atom. The molecule has 0 heterocycles. The molecule has 2 heteroatoms. The van der Waals surface area contributed by atoms with E-state index in [2.05, 4.69) is 38.1 Å². The average molecular weight is 465 g/mol. The van der Waals surface area contributed by atoms with Crippen LogP contribution in [0.5, 0.6) is 0 Å². The van der Waals surface area contributed by atoms with Gasteiger partial charge in [-0.1, -0.05) is 147 Å². The molecule has 4 aromatic rings. The standard InChI is InChI=1S/C17H16O.C9H12.C7H8O/c1-14-10-12-16(13-11-14)17(18)9-5-8-15-6-3-2-4-7-15;1-8(2)9-6-4-3-5-7-9;8-6-7-4-2-1-3-5-7/h2-8,10-13H,9H2,1H3;3-8H,1-2H3;1-5,8H,6H2. The van der Waals surface area contributed by atoms with E-state index in [0.29, 0.717) is 12.3 Å². The van der Waals surface area contributed by atoms with Crippen molar-refractivity contribution >= 4 is 11.9 Å². The quantitative estimate of drug-likeness (QED) is 0.292. The topological polar surface area (TPSA) is 37.3 Å². The van der Waals surface area contributed by atoms with Gasteiger partial charge in [0.1, 0.15) is 0 Å². The zero-order chi connectivity index (χ0) is 25.3. The smallest absolute Gasteiger partial charge is 0.166 e. The molecule has 0 aliphatic carbocycles. The summed E-state index contributed by atoms with van der Waals surface area (Å²) >= 11 is 0. The van der Waals surface area contributed by atoms with E-state index in [9.17, 15) is 4.79 Å². The van der Waals surface area contributed by atoms with Gasteiger partial charge >= 0.3 is 0 Å². The van der Waals surface area contributed by atoms with Gasteiger partial charge in [-0.25, -0.2) is 0 Å². The minimum Gasteiger partial charge on any atom is -0.392 e. The van der Waals surface area contributed by atoms with Gasteiger partial charge in [0, 0.05) is 12.0 Å². The maximum atomic E-state index is 11.9. The molecule has 180 valence electrons. The van der Waals surface area contributed by atoms with Gasteiger partial charge in [0.15, 0.2) is 5.78 Å². The largest absolute Gasteiger partial charge is 0.392 e. The number of aliphatic hydroxyl groups excluding tert-OH is 1. The Kier molecular flexibility index (Phi) is 12.5. The molecule has 4 aromatic carbocycles. The van der Waals surface area contributed by atoms with Crippen molar-refractivity contribution in [3.8, 4) is 0 Å². The van der Waals surface area contributed by atoms with Gasteiger partial charge in [-0.15, -0.1) is 0 Å². The molecule has 0 spiro atoms. The molecule has 35 heavy (non-hydrogen) atoms. The van der Waals surface area contributed by atoms with Crippen LogP contribution in [-0.4, -0.2) is 10.9 Å². The number of allylic oxidation sites excluding steroid dienone is 1. The van der Waals surface area contributed by atoms with E-state index >= 15 is 0 Å². The Morgan fingerprint density at radius 1 is 0.743 bits per heavy atom. The van der Waals surface area contributed by atoms with Crippen molar-refractivity contribution < 1.29 is 9.90 Å². The highest BCUT2D eigenvalue weighted by molar-refractivity contribution is 5.97. The van der Waals surface area contributed by atoms with Crippen LogP contribution in [0.15, 0.2) is 121 Å². The van der Waals surface area contributed by atoms with Crippen LogP contribution in [0.2, 0.25) is 0 Å². The monoisotopic (exact) mass is 464 g/mol. The molecule has 0 saturated heterocycles. The lowest BCUT2D eigenvalue weighted by molar-refractivity contribution is 0.0996. The molecule has 0 aromatic heterocycles. The second-order valence-corrected chi connectivity index (χ2v) is 8.52. The van der Waals surface area contributed by atoms with Crippen molar-refractivity contribution in [3.05, 3.63) is 149 Å². The van der Waals surface area contributed by atoms with Crippen LogP contribution in [0.4, 0.5) is 0 Å². The number of benzene rings is 4. The molecule has 0 saturated carbocycles. The molecule has 0 radical (unpaired) electrons. The first-order valence-corrected chi connectivity index (χ1v) is 12.0. The normalized spacial score (nSPS) is 10.2. The first-order chi connectivity index (χ1) is 17.0. The highest BCUT2D eigenvalue weighted by Gasteiger charge is 2.02. The molecule has 4 rings (SSSR count). The maximum absolute atomic E-state index is 11.9. The third-order valence-corrected chi connectivity index (χ3v) is 5.28. The molecular formula is C33H36O2. The van der Waals surface area contributed by atoms with Gasteiger partial charge in [-0.3, -0.25) is 4.79 Å². The summed E-state index contributed by atoms with van der Waals surface area (Å²) < 4.78 is 0. The Bertz CT molecular complexity index is 1110. The van der Waals surface area contributed by atoms with Crippen LogP contribution in [0, 0.1) is 6.92 Å². The van der Waals surface area contributed by atoms with Crippen molar-refractivity contribution in [2.75, 3.05) is 0 Å². The molecule has 0 aliphatic rings. The van der Waals surface area contributed by atoms with Gasteiger partial charge in [0.25, 0.3) is 0 Å². The lowest BCUT2D eigenvalue weighted by atomic mass is 10.0. The first kappa shape index (κ1) is 27.5. The number of rotatable bonds is 6. The molecule has 2 nitrogen and oxygen atoms in total. The Balaban J connectivity index is 0.000000211. The fourth-order valence-electron chi connectivity index (χ4n) is 3.14. The van der Waals surface area contributed by atoms with Gasteiger partial charge in [-0.05, 0) is 29.5 Å².